The average Bonchev–Trinajstić information content (AvgIpc) is 2.72. The van der Waals surface area contributed by atoms with Crippen LogP contribution in [0.1, 0.15) is 10.4 Å². The van der Waals surface area contributed by atoms with Gasteiger partial charge in [-0.1, -0.05) is 0 Å². The molecule has 0 unspecified atom stereocenters. The second-order valence-electron chi connectivity index (χ2n) is 2.51. The maximum atomic E-state index is 10.6. The van der Waals surface area contributed by atoms with Crippen LogP contribution in [0.4, 0.5) is 0 Å². The third-order valence-corrected chi connectivity index (χ3v) is 1.70. The first kappa shape index (κ1) is 7.66. The Morgan fingerprint density at radius 3 is 2.92 bits per heavy atom. The van der Waals surface area contributed by atoms with E-state index in [-0.39, 0.29) is 0 Å². The number of hydrogen-bond acceptors (Lipinski definition) is 4. The van der Waals surface area contributed by atoms with Crippen molar-refractivity contribution in [2.45, 2.75) is 0 Å². The molecule has 2 heterocycles. The molecule has 2 aromatic heterocycles. The molecule has 13 heavy (non-hydrogen) atoms. The Kier molecular flexibility index (Phi) is 1.66. The molecule has 0 saturated heterocycles. The fraction of sp³-hybridized carbons (Fsp3) is 0.143. The standard InChI is InChI=1S/C7H7N5O/c1-11-7(6(3-13)2-9-11)12-5-8-4-10-12/h2-5H,1H3. The molecule has 0 aliphatic carbocycles. The van der Waals surface area contributed by atoms with Crippen LogP contribution in [-0.4, -0.2) is 30.8 Å². The van der Waals surface area contributed by atoms with E-state index >= 15 is 0 Å². The van der Waals surface area contributed by atoms with Gasteiger partial charge in [0.1, 0.15) is 12.7 Å². The van der Waals surface area contributed by atoms with Gasteiger partial charge in [0, 0.05) is 7.05 Å². The zero-order valence-corrected chi connectivity index (χ0v) is 6.95. The predicted octanol–water partition coefficient (Wildman–Crippen LogP) is -0.187. The van der Waals surface area contributed by atoms with Gasteiger partial charge in [0.15, 0.2) is 12.1 Å². The van der Waals surface area contributed by atoms with E-state index in [0.717, 1.165) is 6.29 Å². The van der Waals surface area contributed by atoms with Crippen molar-refractivity contribution in [1.82, 2.24) is 24.5 Å². The lowest BCUT2D eigenvalue weighted by atomic mass is 10.4. The highest BCUT2D eigenvalue weighted by Crippen LogP contribution is 2.08. The van der Waals surface area contributed by atoms with Crippen molar-refractivity contribution in [3.05, 3.63) is 24.4 Å². The summed E-state index contributed by atoms with van der Waals surface area (Å²) in [5.74, 6) is 0.618. The summed E-state index contributed by atoms with van der Waals surface area (Å²) in [7, 11) is 1.74. The van der Waals surface area contributed by atoms with Gasteiger partial charge in [-0.15, -0.1) is 0 Å². The van der Waals surface area contributed by atoms with Crippen molar-refractivity contribution in [1.29, 1.82) is 0 Å². The Labute approximate surface area is 73.8 Å². The summed E-state index contributed by atoms with van der Waals surface area (Å²) < 4.78 is 3.06. The first-order chi connectivity index (χ1) is 6.33. The van der Waals surface area contributed by atoms with Crippen molar-refractivity contribution in [2.75, 3.05) is 0 Å². The van der Waals surface area contributed by atoms with Gasteiger partial charge in [0.05, 0.1) is 11.8 Å². The summed E-state index contributed by atoms with van der Waals surface area (Å²) in [4.78, 5) is 14.4. The third kappa shape index (κ3) is 1.12. The first-order valence-corrected chi connectivity index (χ1v) is 3.65. The molecule has 0 bridgehead atoms. The van der Waals surface area contributed by atoms with Gasteiger partial charge < -0.3 is 0 Å². The summed E-state index contributed by atoms with van der Waals surface area (Å²) in [6.07, 6.45) is 5.15. The van der Waals surface area contributed by atoms with Crippen molar-refractivity contribution in [3.8, 4) is 5.82 Å². The van der Waals surface area contributed by atoms with Crippen molar-refractivity contribution in [2.24, 2.45) is 7.05 Å². The van der Waals surface area contributed by atoms with Gasteiger partial charge in [-0.05, 0) is 0 Å². The highest BCUT2D eigenvalue weighted by Gasteiger charge is 2.09. The maximum absolute atomic E-state index is 10.6. The van der Waals surface area contributed by atoms with Gasteiger partial charge in [-0.2, -0.15) is 10.2 Å². The molecule has 6 nitrogen and oxygen atoms in total. The molecule has 2 aromatic rings. The maximum Gasteiger partial charge on any atom is 0.164 e. The number of rotatable bonds is 2. The minimum absolute atomic E-state index is 0.494. The summed E-state index contributed by atoms with van der Waals surface area (Å²) >= 11 is 0. The minimum Gasteiger partial charge on any atom is -0.298 e. The quantitative estimate of drug-likeness (QED) is 0.596. The second kappa shape index (κ2) is 2.81. The highest BCUT2D eigenvalue weighted by atomic mass is 16.1. The SMILES string of the molecule is Cn1ncc(C=O)c1-n1cncn1. The number of carbonyl (C=O) groups is 1. The topological polar surface area (TPSA) is 65.6 Å². The normalized spacial score (nSPS) is 10.2. The number of nitrogens with zero attached hydrogens (tertiary/aromatic N) is 5. The van der Waals surface area contributed by atoms with Crippen molar-refractivity contribution < 1.29 is 4.79 Å². The summed E-state index contributed by atoms with van der Waals surface area (Å²) in [5, 5.41) is 7.85. The van der Waals surface area contributed by atoms with Crippen LogP contribution in [0.15, 0.2) is 18.9 Å². The summed E-state index contributed by atoms with van der Waals surface area (Å²) in [5.41, 5.74) is 0.494. The van der Waals surface area contributed by atoms with Gasteiger partial charge in [-0.3, -0.25) is 9.48 Å². The van der Waals surface area contributed by atoms with Crippen molar-refractivity contribution >= 4 is 6.29 Å². The molecule has 2 rings (SSSR count). The van der Waals surface area contributed by atoms with Crippen LogP contribution in [-0.2, 0) is 7.05 Å². The van der Waals surface area contributed by atoms with Crippen LogP contribution in [0.25, 0.3) is 5.82 Å². The van der Waals surface area contributed by atoms with Crippen LogP contribution in [0.2, 0.25) is 0 Å². The van der Waals surface area contributed by atoms with Gasteiger partial charge in [0.25, 0.3) is 0 Å². The zero-order valence-electron chi connectivity index (χ0n) is 6.95. The molecule has 0 aliphatic rings. The van der Waals surface area contributed by atoms with E-state index in [0.29, 0.717) is 11.4 Å². The molecule has 0 aliphatic heterocycles. The van der Waals surface area contributed by atoms with E-state index in [9.17, 15) is 4.79 Å². The Morgan fingerprint density at radius 1 is 1.46 bits per heavy atom. The van der Waals surface area contributed by atoms with Crippen LogP contribution in [0.3, 0.4) is 0 Å². The summed E-state index contributed by atoms with van der Waals surface area (Å²) in [6.45, 7) is 0. The Balaban J connectivity index is 2.62. The lowest BCUT2D eigenvalue weighted by Crippen LogP contribution is -2.05. The van der Waals surface area contributed by atoms with Gasteiger partial charge >= 0.3 is 0 Å². The van der Waals surface area contributed by atoms with Gasteiger partial charge in [-0.25, -0.2) is 9.67 Å². The number of aldehydes is 1. The third-order valence-electron chi connectivity index (χ3n) is 1.70. The van der Waals surface area contributed by atoms with E-state index < -0.39 is 0 Å². The molecule has 0 radical (unpaired) electrons. The van der Waals surface area contributed by atoms with E-state index in [2.05, 4.69) is 15.2 Å². The Bertz CT molecular complexity index is 416. The summed E-state index contributed by atoms with van der Waals surface area (Å²) in [6, 6.07) is 0. The van der Waals surface area contributed by atoms with Gasteiger partial charge in [0.2, 0.25) is 0 Å². The largest absolute Gasteiger partial charge is 0.298 e. The Hall–Kier alpha value is -1.98. The number of aryl methyl sites for hydroxylation is 1. The first-order valence-electron chi connectivity index (χ1n) is 3.65. The molecule has 0 atom stereocenters. The van der Waals surface area contributed by atoms with Crippen LogP contribution < -0.4 is 0 Å². The van der Waals surface area contributed by atoms with E-state index in [1.54, 1.807) is 11.7 Å². The van der Waals surface area contributed by atoms with E-state index in [1.807, 2.05) is 0 Å². The molecular formula is C7H7N5O. The molecule has 0 amide bonds. The lowest BCUT2D eigenvalue weighted by molar-refractivity contribution is 0.112. The molecular weight excluding hydrogens is 170 g/mol. The van der Waals surface area contributed by atoms with E-state index in [4.69, 9.17) is 0 Å². The lowest BCUT2D eigenvalue weighted by Gasteiger charge is -2.00. The fourth-order valence-corrected chi connectivity index (χ4v) is 1.13. The number of aromatic nitrogens is 5. The molecule has 0 aromatic carbocycles. The fourth-order valence-electron chi connectivity index (χ4n) is 1.13. The second-order valence-corrected chi connectivity index (χ2v) is 2.51. The zero-order chi connectivity index (χ0) is 9.26. The molecule has 0 fully saturated rings. The van der Waals surface area contributed by atoms with Crippen molar-refractivity contribution in [3.63, 3.8) is 0 Å². The van der Waals surface area contributed by atoms with Crippen LogP contribution >= 0.6 is 0 Å². The van der Waals surface area contributed by atoms with E-state index in [1.165, 1.54) is 23.5 Å². The predicted molar refractivity (Wildman–Crippen MR) is 43.5 cm³/mol. The molecule has 0 N–H and O–H groups in total. The number of carbonyl (C=O) groups excluding carboxylic acids is 1. The monoisotopic (exact) mass is 177 g/mol. The number of hydrogen-bond donors (Lipinski definition) is 0. The van der Waals surface area contributed by atoms with Crippen LogP contribution in [0, 0.1) is 0 Å². The average molecular weight is 177 g/mol. The Morgan fingerprint density at radius 2 is 2.31 bits per heavy atom. The highest BCUT2D eigenvalue weighted by molar-refractivity contribution is 5.79. The molecule has 66 valence electrons. The molecule has 0 spiro atoms. The molecule has 0 saturated carbocycles. The smallest absolute Gasteiger partial charge is 0.164 e. The molecule has 6 heteroatoms. The van der Waals surface area contributed by atoms with Crippen LogP contribution in [0.5, 0.6) is 0 Å². The minimum atomic E-state index is 0.494.